The maximum atomic E-state index is 12.1. The van der Waals surface area contributed by atoms with Crippen molar-refractivity contribution in [2.75, 3.05) is 60.5 Å². The van der Waals surface area contributed by atoms with Crippen molar-refractivity contribution in [3.05, 3.63) is 23.5 Å². The van der Waals surface area contributed by atoms with Crippen LogP contribution < -0.4 is 21.7 Å². The number of unbranched alkanes of at least 4 members (excludes halogenated alkanes) is 1. The van der Waals surface area contributed by atoms with Crippen LogP contribution in [-0.2, 0) is 9.59 Å². The molecule has 0 saturated carbocycles. The summed E-state index contributed by atoms with van der Waals surface area (Å²) in [4.78, 5) is 32.1. The molecule has 0 unspecified atom stereocenters. The number of carbonyl (C=O) groups excluding carboxylic acids is 2. The van der Waals surface area contributed by atoms with Crippen LogP contribution in [0.15, 0.2) is 28.5 Å². The van der Waals surface area contributed by atoms with Crippen molar-refractivity contribution in [3.63, 3.8) is 0 Å². The normalized spacial score (nSPS) is 12.4. The second kappa shape index (κ2) is 19.4. The number of nitrogens with one attached hydrogen (secondary N) is 3. The van der Waals surface area contributed by atoms with Gasteiger partial charge in [-0.3, -0.25) is 14.6 Å². The zero-order chi connectivity index (χ0) is 27.4. The number of nitrogens with two attached hydrogens (primary N) is 1. The quantitative estimate of drug-likeness (QED) is 0.0838. The van der Waals surface area contributed by atoms with Crippen molar-refractivity contribution >= 4 is 18.0 Å². The number of nitrogens with zero attached hydrogens (tertiary/aromatic N) is 3. The molecule has 0 fully saturated rings. The molecule has 36 heavy (non-hydrogen) atoms. The predicted molar refractivity (Wildman–Crippen MR) is 150 cm³/mol. The SMILES string of the molecule is CCCNC(NCN)=C(C#CCCCNC(=O)CN(C)C(=O)/C=C/CN(C)C)C=NCCC(C)(C)C. The number of carbonyl (C=O) groups is 2. The largest absolute Gasteiger partial charge is 0.371 e. The Morgan fingerprint density at radius 2 is 1.81 bits per heavy atom. The van der Waals surface area contributed by atoms with Gasteiger partial charge in [0.25, 0.3) is 0 Å². The van der Waals surface area contributed by atoms with E-state index in [0.717, 1.165) is 37.3 Å². The second-order valence-corrected chi connectivity index (χ2v) is 10.1. The third-order valence-electron chi connectivity index (χ3n) is 4.82. The maximum absolute atomic E-state index is 12.1. The molecule has 0 heterocycles. The lowest BCUT2D eigenvalue weighted by Crippen LogP contribution is -2.38. The fourth-order valence-corrected chi connectivity index (χ4v) is 2.72. The smallest absolute Gasteiger partial charge is 0.246 e. The third-order valence-corrected chi connectivity index (χ3v) is 4.82. The van der Waals surface area contributed by atoms with Crippen LogP contribution in [0.3, 0.4) is 0 Å². The highest BCUT2D eigenvalue weighted by Gasteiger charge is 2.10. The highest BCUT2D eigenvalue weighted by molar-refractivity contribution is 5.91. The number of rotatable bonds is 16. The first-order chi connectivity index (χ1) is 17.0. The van der Waals surface area contributed by atoms with E-state index >= 15 is 0 Å². The van der Waals surface area contributed by atoms with Crippen molar-refractivity contribution in [3.8, 4) is 11.8 Å². The number of amides is 2. The molecule has 204 valence electrons. The Kier molecular flexibility index (Phi) is 17.8. The number of likely N-dealkylation sites (N-methyl/N-ethyl adjacent to an activating group) is 2. The van der Waals surface area contributed by atoms with Gasteiger partial charge in [0.05, 0.1) is 18.8 Å². The second-order valence-electron chi connectivity index (χ2n) is 10.1. The predicted octanol–water partition coefficient (Wildman–Crippen LogP) is 1.69. The van der Waals surface area contributed by atoms with Gasteiger partial charge in [0.2, 0.25) is 11.8 Å². The summed E-state index contributed by atoms with van der Waals surface area (Å²) in [5, 5.41) is 9.33. The number of hydrogen-bond acceptors (Lipinski definition) is 7. The lowest BCUT2D eigenvalue weighted by atomic mass is 9.92. The summed E-state index contributed by atoms with van der Waals surface area (Å²) in [6, 6.07) is 0. The minimum atomic E-state index is -0.195. The van der Waals surface area contributed by atoms with Crippen molar-refractivity contribution in [1.82, 2.24) is 25.8 Å². The summed E-state index contributed by atoms with van der Waals surface area (Å²) in [7, 11) is 5.47. The Morgan fingerprint density at radius 1 is 1.08 bits per heavy atom. The first-order valence-corrected chi connectivity index (χ1v) is 12.7. The summed E-state index contributed by atoms with van der Waals surface area (Å²) in [5.74, 6) is 6.77. The molecule has 0 aromatic carbocycles. The topological polar surface area (TPSA) is 115 Å². The van der Waals surface area contributed by atoms with E-state index in [1.807, 2.05) is 19.0 Å². The van der Waals surface area contributed by atoms with E-state index in [2.05, 4.69) is 60.5 Å². The fraction of sp³-hybridized carbons (Fsp3) is 0.667. The van der Waals surface area contributed by atoms with E-state index in [-0.39, 0.29) is 23.8 Å². The standard InChI is InChI=1S/C27H49N7O2/c1-8-16-31-26(32-22-28)23(20-29-18-15-27(2,3)4)13-10-9-11-17-30-24(35)21-34(7)25(36)14-12-19-33(5)6/h12,14,20,31-32H,8-9,11,15-19,21-22,28H2,1-7H3,(H,30,35)/b14-12+,26-23?,29-20?. The molecule has 0 bridgehead atoms. The minimum absolute atomic E-state index is 0.0198. The van der Waals surface area contributed by atoms with E-state index in [1.165, 1.54) is 11.0 Å². The molecule has 5 N–H and O–H groups in total. The molecule has 0 radical (unpaired) electrons. The average Bonchev–Trinajstić information content (AvgIpc) is 2.79. The van der Waals surface area contributed by atoms with E-state index in [4.69, 9.17) is 5.73 Å². The number of allylic oxidation sites excluding steroid dienone is 1. The molecule has 2 amide bonds. The van der Waals surface area contributed by atoms with Gasteiger partial charge < -0.3 is 31.5 Å². The zero-order valence-electron chi connectivity index (χ0n) is 23.5. The van der Waals surface area contributed by atoms with Gasteiger partial charge in [-0.1, -0.05) is 45.6 Å². The minimum Gasteiger partial charge on any atom is -0.371 e. The molecule has 0 aliphatic heterocycles. The molecule has 0 aliphatic carbocycles. The van der Waals surface area contributed by atoms with E-state index in [0.29, 0.717) is 32.6 Å². The molecular formula is C27H49N7O2. The third kappa shape index (κ3) is 18.5. The monoisotopic (exact) mass is 503 g/mol. The van der Waals surface area contributed by atoms with Gasteiger partial charge in [-0.05, 0) is 38.8 Å². The summed E-state index contributed by atoms with van der Waals surface area (Å²) in [6.45, 7) is 11.7. The molecule has 0 aliphatic rings. The lowest BCUT2D eigenvalue weighted by molar-refractivity contribution is -0.131. The molecule has 9 nitrogen and oxygen atoms in total. The molecule has 0 aromatic heterocycles. The van der Waals surface area contributed by atoms with Crippen molar-refractivity contribution in [1.29, 1.82) is 0 Å². The van der Waals surface area contributed by atoms with Crippen molar-refractivity contribution in [2.24, 2.45) is 16.1 Å². The summed E-state index contributed by atoms with van der Waals surface area (Å²) >= 11 is 0. The molecule has 0 aromatic rings. The molecule has 0 atom stereocenters. The van der Waals surface area contributed by atoms with Gasteiger partial charge in [0.15, 0.2) is 0 Å². The van der Waals surface area contributed by atoms with Gasteiger partial charge in [-0.25, -0.2) is 0 Å². The molecule has 0 saturated heterocycles. The summed E-state index contributed by atoms with van der Waals surface area (Å²) in [6.07, 6.45) is 8.36. The van der Waals surface area contributed by atoms with Gasteiger partial charge >= 0.3 is 0 Å². The summed E-state index contributed by atoms with van der Waals surface area (Å²) < 4.78 is 0. The number of aliphatic imine (C=N–C) groups is 1. The first kappa shape index (κ1) is 33.2. The van der Waals surface area contributed by atoms with Crippen LogP contribution >= 0.6 is 0 Å². The Balaban J connectivity index is 4.82. The Labute approximate surface area is 219 Å². The van der Waals surface area contributed by atoms with Gasteiger partial charge in [-0.2, -0.15) is 0 Å². The molecule has 9 heteroatoms. The van der Waals surface area contributed by atoms with Crippen LogP contribution in [0.5, 0.6) is 0 Å². The lowest BCUT2D eigenvalue weighted by Gasteiger charge is -2.16. The molecular weight excluding hydrogens is 454 g/mol. The van der Waals surface area contributed by atoms with Gasteiger partial charge in [0.1, 0.15) is 5.82 Å². The Morgan fingerprint density at radius 3 is 2.42 bits per heavy atom. The van der Waals surface area contributed by atoms with Crippen LogP contribution in [0.1, 0.15) is 53.4 Å². The zero-order valence-corrected chi connectivity index (χ0v) is 23.5. The van der Waals surface area contributed by atoms with E-state index < -0.39 is 0 Å². The Hall–Kier alpha value is -2.83. The number of hydrogen-bond donors (Lipinski definition) is 4. The first-order valence-electron chi connectivity index (χ1n) is 12.7. The van der Waals surface area contributed by atoms with Gasteiger partial charge in [0, 0.05) is 51.9 Å². The molecule has 0 spiro atoms. The van der Waals surface area contributed by atoms with Crippen molar-refractivity contribution in [2.45, 2.75) is 53.4 Å². The maximum Gasteiger partial charge on any atom is 0.246 e. The van der Waals surface area contributed by atoms with Gasteiger partial charge in [-0.15, -0.1) is 0 Å². The van der Waals surface area contributed by atoms with Crippen LogP contribution in [0.2, 0.25) is 0 Å². The molecule has 0 rings (SSSR count). The van der Waals surface area contributed by atoms with Crippen LogP contribution in [0, 0.1) is 17.3 Å². The highest BCUT2D eigenvalue weighted by atomic mass is 16.2. The van der Waals surface area contributed by atoms with Crippen LogP contribution in [0.4, 0.5) is 0 Å². The van der Waals surface area contributed by atoms with Crippen LogP contribution in [0.25, 0.3) is 0 Å². The van der Waals surface area contributed by atoms with Crippen molar-refractivity contribution < 1.29 is 9.59 Å². The highest BCUT2D eigenvalue weighted by Crippen LogP contribution is 2.17. The summed E-state index contributed by atoms with van der Waals surface area (Å²) in [5.41, 5.74) is 6.71. The fourth-order valence-electron chi connectivity index (χ4n) is 2.72. The Bertz CT molecular complexity index is 799. The van der Waals surface area contributed by atoms with E-state index in [9.17, 15) is 9.59 Å². The average molecular weight is 504 g/mol. The van der Waals surface area contributed by atoms with E-state index in [1.54, 1.807) is 19.3 Å². The van der Waals surface area contributed by atoms with Crippen LogP contribution in [-0.4, -0.2) is 88.4 Å².